The van der Waals surface area contributed by atoms with Crippen molar-refractivity contribution in [1.82, 2.24) is 15.1 Å². The largest absolute Gasteiger partial charge is 0.391 e. The van der Waals surface area contributed by atoms with E-state index in [-0.39, 0.29) is 17.6 Å². The number of carbonyl (C=O) groups excluding carboxylic acids is 2. The molecule has 2 N–H and O–H groups in total. The van der Waals surface area contributed by atoms with Crippen molar-refractivity contribution in [3.05, 3.63) is 35.1 Å². The number of hydrogen-bond donors (Lipinski definition) is 2. The van der Waals surface area contributed by atoms with Gasteiger partial charge in [0, 0.05) is 31.7 Å². The highest BCUT2D eigenvalue weighted by atomic mass is 19.1. The zero-order valence-corrected chi connectivity index (χ0v) is 13.8. The number of halogens is 1. The van der Waals surface area contributed by atoms with E-state index in [1.54, 1.807) is 12.1 Å². The lowest BCUT2D eigenvalue weighted by Crippen LogP contribution is -2.70. The highest BCUT2D eigenvalue weighted by molar-refractivity contribution is 5.97. The highest BCUT2D eigenvalue weighted by Gasteiger charge is 2.44. The average molecular weight is 335 g/mol. The molecule has 130 valence electrons. The van der Waals surface area contributed by atoms with Crippen molar-refractivity contribution < 1.29 is 19.1 Å². The van der Waals surface area contributed by atoms with Crippen LogP contribution in [0.3, 0.4) is 0 Å². The van der Waals surface area contributed by atoms with E-state index >= 15 is 0 Å². The minimum Gasteiger partial charge on any atom is -0.391 e. The van der Waals surface area contributed by atoms with Gasteiger partial charge in [-0.25, -0.2) is 4.39 Å². The van der Waals surface area contributed by atoms with Gasteiger partial charge in [0.25, 0.3) is 0 Å². The number of benzene rings is 1. The Labute approximate surface area is 140 Å². The minimum absolute atomic E-state index is 0.254. The minimum atomic E-state index is -0.929. The van der Waals surface area contributed by atoms with Crippen LogP contribution in [-0.2, 0) is 16.1 Å². The topological polar surface area (TPSA) is 72.9 Å². The summed E-state index contributed by atoms with van der Waals surface area (Å²) in [5, 5.41) is 12.2. The van der Waals surface area contributed by atoms with Gasteiger partial charge >= 0.3 is 0 Å². The van der Waals surface area contributed by atoms with Crippen molar-refractivity contribution in [1.29, 1.82) is 0 Å². The number of carbonyl (C=O) groups is 2. The standard InChI is InChI=1S/C17H22FN3O3/c1-10-3-4-13(18)12(7-10)8-20-5-6-21-14(9-20)16(23)19-15(11(2)22)17(21)24/h3-4,7,11,14-15,22H,5-6,8-9H2,1-2H3,(H,19,23)/t11-,14+,15+/m0/s1. The van der Waals surface area contributed by atoms with E-state index < -0.39 is 18.2 Å². The molecule has 7 heteroatoms. The second kappa shape index (κ2) is 6.49. The zero-order valence-electron chi connectivity index (χ0n) is 13.8. The average Bonchev–Trinajstić information content (AvgIpc) is 2.54. The molecule has 0 aromatic heterocycles. The van der Waals surface area contributed by atoms with Crippen LogP contribution in [0.2, 0.25) is 0 Å². The third-order valence-corrected chi connectivity index (χ3v) is 4.69. The molecule has 2 saturated heterocycles. The number of hydrogen-bond acceptors (Lipinski definition) is 4. The van der Waals surface area contributed by atoms with Crippen LogP contribution in [0, 0.1) is 12.7 Å². The van der Waals surface area contributed by atoms with Gasteiger partial charge in [-0.2, -0.15) is 0 Å². The van der Waals surface area contributed by atoms with Crippen molar-refractivity contribution in [2.24, 2.45) is 0 Å². The lowest BCUT2D eigenvalue weighted by Gasteiger charge is -2.45. The van der Waals surface area contributed by atoms with Crippen LogP contribution in [0.4, 0.5) is 4.39 Å². The van der Waals surface area contributed by atoms with E-state index in [0.717, 1.165) is 5.56 Å². The number of piperazine rings is 2. The zero-order chi connectivity index (χ0) is 17.4. The number of rotatable bonds is 3. The van der Waals surface area contributed by atoms with Gasteiger partial charge in [0.1, 0.15) is 17.9 Å². The molecular formula is C17H22FN3O3. The molecule has 0 aliphatic carbocycles. The molecule has 3 rings (SSSR count). The Kier molecular flexibility index (Phi) is 4.56. The van der Waals surface area contributed by atoms with Gasteiger partial charge in [-0.1, -0.05) is 17.7 Å². The van der Waals surface area contributed by atoms with E-state index in [4.69, 9.17) is 0 Å². The Morgan fingerprint density at radius 3 is 2.83 bits per heavy atom. The Morgan fingerprint density at radius 2 is 2.12 bits per heavy atom. The number of aliphatic hydroxyl groups excluding tert-OH is 1. The first kappa shape index (κ1) is 16.9. The molecule has 0 bridgehead atoms. The molecule has 24 heavy (non-hydrogen) atoms. The van der Waals surface area contributed by atoms with Crippen molar-refractivity contribution in [2.75, 3.05) is 19.6 Å². The quantitative estimate of drug-likeness (QED) is 0.817. The van der Waals surface area contributed by atoms with Crippen LogP contribution in [0.5, 0.6) is 0 Å². The molecule has 0 saturated carbocycles. The number of aryl methyl sites for hydroxylation is 1. The van der Waals surface area contributed by atoms with Gasteiger partial charge in [0.05, 0.1) is 6.10 Å². The van der Waals surface area contributed by atoms with Gasteiger partial charge in [0.2, 0.25) is 11.8 Å². The molecule has 2 heterocycles. The molecule has 2 aliphatic rings. The predicted molar refractivity (Wildman–Crippen MR) is 85.5 cm³/mol. The van der Waals surface area contributed by atoms with E-state index in [2.05, 4.69) is 5.32 Å². The van der Waals surface area contributed by atoms with Crippen molar-refractivity contribution in [2.45, 2.75) is 38.6 Å². The molecule has 2 aliphatic heterocycles. The Morgan fingerprint density at radius 1 is 1.38 bits per heavy atom. The monoisotopic (exact) mass is 335 g/mol. The fraction of sp³-hybridized carbons (Fsp3) is 0.529. The molecule has 0 radical (unpaired) electrons. The van der Waals surface area contributed by atoms with Crippen molar-refractivity contribution >= 4 is 11.8 Å². The van der Waals surface area contributed by atoms with Gasteiger partial charge < -0.3 is 15.3 Å². The second-order valence-corrected chi connectivity index (χ2v) is 6.60. The first-order chi connectivity index (χ1) is 11.4. The Bertz CT molecular complexity index is 664. The van der Waals surface area contributed by atoms with Crippen LogP contribution in [0.15, 0.2) is 18.2 Å². The summed E-state index contributed by atoms with van der Waals surface area (Å²) in [6, 6.07) is 3.51. The van der Waals surface area contributed by atoms with Crippen molar-refractivity contribution in [3.8, 4) is 0 Å². The summed E-state index contributed by atoms with van der Waals surface area (Å²) in [5.74, 6) is -0.785. The van der Waals surface area contributed by atoms with Crippen LogP contribution >= 0.6 is 0 Å². The molecule has 2 fully saturated rings. The highest BCUT2D eigenvalue weighted by Crippen LogP contribution is 2.20. The van der Waals surface area contributed by atoms with Gasteiger partial charge in [-0.3, -0.25) is 14.5 Å². The Balaban J connectivity index is 1.72. The fourth-order valence-corrected chi connectivity index (χ4v) is 3.35. The lowest BCUT2D eigenvalue weighted by atomic mass is 10.0. The SMILES string of the molecule is Cc1ccc(F)c(CN2CCN3C(=O)[C@@H]([C@H](C)O)NC(=O)[C@H]3C2)c1. The summed E-state index contributed by atoms with van der Waals surface area (Å²) in [5.41, 5.74) is 1.57. The van der Waals surface area contributed by atoms with Gasteiger partial charge in [0.15, 0.2) is 0 Å². The van der Waals surface area contributed by atoms with Crippen LogP contribution in [0.1, 0.15) is 18.1 Å². The number of nitrogens with zero attached hydrogens (tertiary/aromatic N) is 2. The lowest BCUT2D eigenvalue weighted by molar-refractivity contribution is -0.156. The summed E-state index contributed by atoms with van der Waals surface area (Å²) < 4.78 is 13.9. The summed E-state index contributed by atoms with van der Waals surface area (Å²) in [7, 11) is 0. The second-order valence-electron chi connectivity index (χ2n) is 6.60. The molecule has 1 aromatic rings. The summed E-state index contributed by atoms with van der Waals surface area (Å²) in [6.07, 6.45) is -0.929. The number of aliphatic hydroxyl groups is 1. The smallest absolute Gasteiger partial charge is 0.248 e. The molecule has 0 unspecified atom stereocenters. The number of nitrogens with one attached hydrogen (secondary N) is 1. The summed E-state index contributed by atoms with van der Waals surface area (Å²) in [6.45, 7) is 5.11. The molecule has 0 spiro atoms. The maximum absolute atomic E-state index is 13.9. The van der Waals surface area contributed by atoms with Crippen LogP contribution < -0.4 is 5.32 Å². The molecular weight excluding hydrogens is 313 g/mol. The third-order valence-electron chi connectivity index (χ3n) is 4.69. The molecule has 1 aromatic carbocycles. The predicted octanol–water partition coefficient (Wildman–Crippen LogP) is 0.0261. The van der Waals surface area contributed by atoms with Crippen LogP contribution in [0.25, 0.3) is 0 Å². The van der Waals surface area contributed by atoms with Gasteiger partial charge in [-0.05, 0) is 19.9 Å². The maximum atomic E-state index is 13.9. The molecule has 2 amide bonds. The van der Waals surface area contributed by atoms with Crippen molar-refractivity contribution in [3.63, 3.8) is 0 Å². The first-order valence-corrected chi connectivity index (χ1v) is 8.13. The fourth-order valence-electron chi connectivity index (χ4n) is 3.35. The van der Waals surface area contributed by atoms with Crippen LogP contribution in [-0.4, -0.2) is 64.5 Å². The third kappa shape index (κ3) is 3.14. The van der Waals surface area contributed by atoms with E-state index in [1.165, 1.54) is 17.9 Å². The van der Waals surface area contributed by atoms with E-state index in [1.807, 2.05) is 11.8 Å². The Hall–Kier alpha value is -1.99. The van der Waals surface area contributed by atoms with Gasteiger partial charge in [-0.15, -0.1) is 0 Å². The first-order valence-electron chi connectivity index (χ1n) is 8.13. The molecule has 3 atom stereocenters. The number of fused-ring (bicyclic) bond motifs is 1. The maximum Gasteiger partial charge on any atom is 0.248 e. The summed E-state index contributed by atoms with van der Waals surface area (Å²) >= 11 is 0. The van der Waals surface area contributed by atoms with E-state index in [0.29, 0.717) is 31.7 Å². The van der Waals surface area contributed by atoms with E-state index in [9.17, 15) is 19.1 Å². The summed E-state index contributed by atoms with van der Waals surface area (Å²) in [4.78, 5) is 28.2. The normalized spacial score (nSPS) is 26.1. The number of amides is 2. The molecule has 6 nitrogen and oxygen atoms in total.